The zero-order chi connectivity index (χ0) is 15.7. The maximum atomic E-state index is 10.8. The summed E-state index contributed by atoms with van der Waals surface area (Å²) >= 11 is 0. The van der Waals surface area contributed by atoms with E-state index < -0.39 is 5.97 Å². The molecule has 0 aliphatic heterocycles. The van der Waals surface area contributed by atoms with Gasteiger partial charge in [0.15, 0.2) is 0 Å². The molecule has 0 saturated heterocycles. The van der Waals surface area contributed by atoms with Gasteiger partial charge < -0.3 is 20.4 Å². The van der Waals surface area contributed by atoms with Gasteiger partial charge in [0.25, 0.3) is 0 Å². The second-order valence-electron chi connectivity index (χ2n) is 4.95. The lowest BCUT2D eigenvalue weighted by molar-refractivity contribution is 0.0697. The average molecular weight is 288 g/mol. The number of aromatic carboxylic acids is 1. The second-order valence-corrected chi connectivity index (χ2v) is 4.95. The Morgan fingerprint density at radius 3 is 2.14 bits per heavy atom. The van der Waals surface area contributed by atoms with Crippen LogP contribution in [0.3, 0.4) is 0 Å². The number of aromatic hydroxyl groups is 3. The maximum Gasteiger partial charge on any atom is 0.335 e. The molecule has 2 aromatic carbocycles. The summed E-state index contributed by atoms with van der Waals surface area (Å²) in [7, 11) is 0. The van der Waals surface area contributed by atoms with Crippen molar-refractivity contribution >= 4 is 5.97 Å². The molecular formula is C16H16O5. The van der Waals surface area contributed by atoms with Crippen molar-refractivity contribution in [3.8, 4) is 17.2 Å². The first kappa shape index (κ1) is 14.7. The van der Waals surface area contributed by atoms with Gasteiger partial charge in [0.05, 0.1) is 5.56 Å². The summed E-state index contributed by atoms with van der Waals surface area (Å²) in [5.41, 5.74) is 1.50. The molecule has 5 heteroatoms. The number of rotatable bonds is 3. The van der Waals surface area contributed by atoms with Gasteiger partial charge in [-0.05, 0) is 24.6 Å². The molecule has 0 heterocycles. The first-order valence-corrected chi connectivity index (χ1v) is 6.40. The quantitative estimate of drug-likeness (QED) is 0.696. The minimum absolute atomic E-state index is 0.165. The van der Waals surface area contributed by atoms with Crippen LogP contribution in [0.1, 0.15) is 39.9 Å². The first-order chi connectivity index (χ1) is 9.82. The van der Waals surface area contributed by atoms with Crippen molar-refractivity contribution in [1.82, 2.24) is 0 Å². The van der Waals surface area contributed by atoms with Crippen LogP contribution in [0, 0.1) is 6.92 Å². The van der Waals surface area contributed by atoms with Crippen molar-refractivity contribution in [3.63, 3.8) is 0 Å². The molecule has 0 radical (unpaired) electrons. The molecule has 2 aromatic rings. The van der Waals surface area contributed by atoms with Crippen LogP contribution in [0.25, 0.3) is 0 Å². The monoisotopic (exact) mass is 288 g/mol. The molecule has 110 valence electrons. The summed E-state index contributed by atoms with van der Waals surface area (Å²) in [6.45, 7) is 3.33. The van der Waals surface area contributed by atoms with E-state index in [0.29, 0.717) is 5.56 Å². The van der Waals surface area contributed by atoms with Gasteiger partial charge in [-0.25, -0.2) is 4.79 Å². The molecule has 0 amide bonds. The fourth-order valence-electron chi connectivity index (χ4n) is 2.27. The highest BCUT2D eigenvalue weighted by molar-refractivity contribution is 5.87. The summed E-state index contributed by atoms with van der Waals surface area (Å²) in [5.74, 6) is -1.91. The smallest absolute Gasteiger partial charge is 0.335 e. The number of benzene rings is 2. The summed E-state index contributed by atoms with van der Waals surface area (Å²) in [6.07, 6.45) is 0. The van der Waals surface area contributed by atoms with Crippen LogP contribution < -0.4 is 0 Å². The van der Waals surface area contributed by atoms with Gasteiger partial charge in [-0.3, -0.25) is 0 Å². The fraction of sp³-hybridized carbons (Fsp3) is 0.188. The Balaban J connectivity index is 2.47. The third-order valence-corrected chi connectivity index (χ3v) is 3.63. The van der Waals surface area contributed by atoms with Gasteiger partial charge in [0.2, 0.25) is 0 Å². The van der Waals surface area contributed by atoms with Crippen LogP contribution in [0.2, 0.25) is 0 Å². The molecule has 0 bridgehead atoms. The molecule has 0 spiro atoms. The number of hydrogen-bond donors (Lipinski definition) is 4. The SMILES string of the molecule is Cc1c(O)cc(O)c(C(C)c2ccc(C(=O)O)cc2)c1O. The predicted octanol–water partition coefficient (Wildman–Crippen LogP) is 2.96. The van der Waals surface area contributed by atoms with E-state index >= 15 is 0 Å². The molecule has 1 atom stereocenters. The molecule has 5 nitrogen and oxygen atoms in total. The zero-order valence-corrected chi connectivity index (χ0v) is 11.7. The first-order valence-electron chi connectivity index (χ1n) is 6.40. The average Bonchev–Trinajstić information content (AvgIpc) is 2.45. The maximum absolute atomic E-state index is 10.8. The predicted molar refractivity (Wildman–Crippen MR) is 77.1 cm³/mol. The van der Waals surface area contributed by atoms with Gasteiger partial charge >= 0.3 is 5.97 Å². The molecule has 0 aromatic heterocycles. The Labute approximate surface area is 121 Å². The number of hydrogen-bond acceptors (Lipinski definition) is 4. The van der Waals surface area contributed by atoms with E-state index in [1.807, 2.05) is 0 Å². The van der Waals surface area contributed by atoms with Gasteiger partial charge in [0.1, 0.15) is 17.2 Å². The van der Waals surface area contributed by atoms with Crippen LogP contribution >= 0.6 is 0 Å². The minimum atomic E-state index is -1.01. The number of carboxylic acid groups (broad SMARTS) is 1. The van der Waals surface area contributed by atoms with Crippen LogP contribution in [-0.4, -0.2) is 26.4 Å². The fourth-order valence-corrected chi connectivity index (χ4v) is 2.27. The largest absolute Gasteiger partial charge is 0.507 e. The third-order valence-electron chi connectivity index (χ3n) is 3.63. The Kier molecular flexibility index (Phi) is 3.76. The van der Waals surface area contributed by atoms with E-state index in [4.69, 9.17) is 5.11 Å². The molecule has 21 heavy (non-hydrogen) atoms. The lowest BCUT2D eigenvalue weighted by atomic mass is 9.89. The minimum Gasteiger partial charge on any atom is -0.507 e. The van der Waals surface area contributed by atoms with E-state index in [0.717, 1.165) is 5.56 Å². The van der Waals surface area contributed by atoms with Crippen molar-refractivity contribution in [2.24, 2.45) is 0 Å². The highest BCUT2D eigenvalue weighted by atomic mass is 16.4. The van der Waals surface area contributed by atoms with Gasteiger partial charge in [-0.15, -0.1) is 0 Å². The molecule has 2 rings (SSSR count). The van der Waals surface area contributed by atoms with E-state index in [1.54, 1.807) is 26.0 Å². The summed E-state index contributed by atoms with van der Waals surface area (Å²) in [6, 6.07) is 7.39. The normalized spacial score (nSPS) is 12.1. The lowest BCUT2D eigenvalue weighted by Gasteiger charge is -2.18. The molecule has 4 N–H and O–H groups in total. The van der Waals surface area contributed by atoms with E-state index in [2.05, 4.69) is 0 Å². The van der Waals surface area contributed by atoms with E-state index in [-0.39, 0.29) is 34.3 Å². The Hall–Kier alpha value is -2.69. The highest BCUT2D eigenvalue weighted by Gasteiger charge is 2.21. The van der Waals surface area contributed by atoms with Crippen LogP contribution in [0.5, 0.6) is 17.2 Å². The van der Waals surface area contributed by atoms with Crippen molar-refractivity contribution in [3.05, 3.63) is 52.6 Å². The van der Waals surface area contributed by atoms with Crippen LogP contribution in [-0.2, 0) is 0 Å². The molecule has 0 aliphatic carbocycles. The van der Waals surface area contributed by atoms with Crippen molar-refractivity contribution in [1.29, 1.82) is 0 Å². The van der Waals surface area contributed by atoms with E-state index in [9.17, 15) is 20.1 Å². The van der Waals surface area contributed by atoms with Crippen molar-refractivity contribution in [2.75, 3.05) is 0 Å². The summed E-state index contributed by atoms with van der Waals surface area (Å²) < 4.78 is 0. The molecule has 0 saturated carbocycles. The molecular weight excluding hydrogens is 272 g/mol. The number of carbonyl (C=O) groups is 1. The van der Waals surface area contributed by atoms with Crippen LogP contribution in [0.15, 0.2) is 30.3 Å². The standard InChI is InChI=1S/C16H16O5/c1-8(10-3-5-11(6-4-10)16(20)21)14-13(18)7-12(17)9(2)15(14)19/h3-8,17-19H,1-2H3,(H,20,21). The van der Waals surface area contributed by atoms with Crippen LogP contribution in [0.4, 0.5) is 0 Å². The van der Waals surface area contributed by atoms with Crippen molar-refractivity contribution in [2.45, 2.75) is 19.8 Å². The summed E-state index contributed by atoms with van der Waals surface area (Å²) in [5, 5.41) is 38.5. The number of phenols is 3. The van der Waals surface area contributed by atoms with Crippen molar-refractivity contribution < 1.29 is 25.2 Å². The van der Waals surface area contributed by atoms with E-state index in [1.165, 1.54) is 18.2 Å². The van der Waals surface area contributed by atoms with Gasteiger partial charge in [-0.2, -0.15) is 0 Å². The third kappa shape index (κ3) is 2.63. The molecule has 0 aliphatic rings. The zero-order valence-electron chi connectivity index (χ0n) is 11.7. The molecule has 1 unspecified atom stereocenters. The topological polar surface area (TPSA) is 98.0 Å². The second kappa shape index (κ2) is 5.36. The Morgan fingerprint density at radius 2 is 1.62 bits per heavy atom. The highest BCUT2D eigenvalue weighted by Crippen LogP contribution is 2.43. The number of phenolic OH excluding ortho intramolecular Hbond substituents is 3. The Morgan fingerprint density at radius 1 is 1.05 bits per heavy atom. The number of carboxylic acids is 1. The van der Waals surface area contributed by atoms with Gasteiger partial charge in [0, 0.05) is 23.1 Å². The Bertz CT molecular complexity index is 689. The summed E-state index contributed by atoms with van der Waals surface area (Å²) in [4.78, 5) is 10.8. The molecule has 0 fully saturated rings. The van der Waals surface area contributed by atoms with Gasteiger partial charge in [-0.1, -0.05) is 19.1 Å². The lowest BCUT2D eigenvalue weighted by Crippen LogP contribution is -2.01.